The van der Waals surface area contributed by atoms with Crippen molar-refractivity contribution in [2.75, 3.05) is 13.9 Å². The van der Waals surface area contributed by atoms with Gasteiger partial charge < -0.3 is 18.7 Å². The van der Waals surface area contributed by atoms with Gasteiger partial charge in [-0.15, -0.1) is 0 Å². The molecule has 23 heavy (non-hydrogen) atoms. The van der Waals surface area contributed by atoms with Crippen molar-refractivity contribution >= 4 is 14.6 Å². The van der Waals surface area contributed by atoms with Gasteiger partial charge in [-0.2, -0.15) is 0 Å². The fraction of sp³-hybridized carbons (Fsp3) is 0.944. The lowest BCUT2D eigenvalue weighted by molar-refractivity contribution is -0.116. The minimum Gasteiger partial charge on any atom is -0.413 e. The van der Waals surface area contributed by atoms with E-state index < -0.39 is 8.32 Å². The van der Waals surface area contributed by atoms with Crippen LogP contribution in [-0.2, 0) is 18.7 Å². The molecule has 5 atom stereocenters. The summed E-state index contributed by atoms with van der Waals surface area (Å²) in [4.78, 5) is 11.7. The molecular weight excluding hydrogens is 308 g/mol. The lowest BCUT2D eigenvalue weighted by atomic mass is 9.77. The van der Waals surface area contributed by atoms with Crippen LogP contribution >= 0.6 is 0 Å². The van der Waals surface area contributed by atoms with Crippen LogP contribution in [0.5, 0.6) is 0 Å². The number of fused-ring (bicyclic) bond motifs is 1. The second-order valence-electron chi connectivity index (χ2n) is 8.80. The molecule has 2 saturated carbocycles. The van der Waals surface area contributed by atoms with Crippen molar-refractivity contribution in [1.29, 1.82) is 0 Å². The molecule has 0 N–H and O–H groups in total. The Morgan fingerprint density at radius 1 is 1.17 bits per heavy atom. The molecule has 0 spiro atoms. The molecule has 0 radical (unpaired) electrons. The topological polar surface area (TPSA) is 44.8 Å². The minimum atomic E-state index is -1.84. The predicted molar refractivity (Wildman–Crippen MR) is 93.8 cm³/mol. The third-order valence-corrected chi connectivity index (χ3v) is 10.8. The van der Waals surface area contributed by atoms with Gasteiger partial charge in [0.05, 0.1) is 12.2 Å². The highest BCUT2D eigenvalue weighted by atomic mass is 28.4. The third-order valence-electron chi connectivity index (χ3n) is 6.28. The Morgan fingerprint density at radius 2 is 1.87 bits per heavy atom. The third kappa shape index (κ3) is 4.24. The van der Waals surface area contributed by atoms with E-state index >= 15 is 0 Å². The Morgan fingerprint density at radius 3 is 2.43 bits per heavy atom. The highest BCUT2D eigenvalue weighted by Crippen LogP contribution is 2.49. The highest BCUT2D eigenvalue weighted by Gasteiger charge is 2.49. The van der Waals surface area contributed by atoms with E-state index in [4.69, 9.17) is 13.9 Å². The number of aldehydes is 1. The Kier molecular flexibility index (Phi) is 6.09. The SMILES string of the molecule is COCO[C@@H]1CC[C@@H]2[C@@H](C1)C[C@@H](O[Si](C)(C)C(C)(C)C)[C@H]2C=O. The number of hydrogen-bond donors (Lipinski definition) is 0. The van der Waals surface area contributed by atoms with Crippen molar-refractivity contribution in [2.24, 2.45) is 17.8 Å². The normalized spacial score (nSPS) is 35.1. The van der Waals surface area contributed by atoms with Gasteiger partial charge in [-0.3, -0.25) is 0 Å². The zero-order valence-corrected chi connectivity index (χ0v) is 16.6. The number of ether oxygens (including phenoxy) is 2. The maximum absolute atomic E-state index is 11.7. The minimum absolute atomic E-state index is 0.0671. The van der Waals surface area contributed by atoms with Crippen LogP contribution in [-0.4, -0.2) is 40.7 Å². The van der Waals surface area contributed by atoms with Gasteiger partial charge in [-0.25, -0.2) is 0 Å². The first-order valence-corrected chi connectivity index (χ1v) is 11.8. The molecule has 2 rings (SSSR count). The maximum Gasteiger partial charge on any atom is 0.192 e. The highest BCUT2D eigenvalue weighted by molar-refractivity contribution is 6.74. The molecule has 5 heteroatoms. The van der Waals surface area contributed by atoms with Gasteiger partial charge in [0.25, 0.3) is 0 Å². The standard InChI is InChI=1S/C18H34O4Si/c1-18(2,3)23(5,6)22-17-10-13-9-14(21-12-20-4)7-8-15(13)16(17)11-19/h11,13-17H,7-10,12H2,1-6H3/t13-,14+,15+,16-,17+/m0/s1. The van der Waals surface area contributed by atoms with E-state index in [-0.39, 0.29) is 23.2 Å². The molecule has 0 unspecified atom stereocenters. The molecule has 0 amide bonds. The van der Waals surface area contributed by atoms with E-state index in [1.165, 1.54) is 6.29 Å². The summed E-state index contributed by atoms with van der Waals surface area (Å²) in [5.41, 5.74) is 0. The lowest BCUT2D eigenvalue weighted by Crippen LogP contribution is -2.45. The first kappa shape index (κ1) is 19.1. The van der Waals surface area contributed by atoms with Crippen LogP contribution in [0, 0.1) is 17.8 Å². The van der Waals surface area contributed by atoms with Crippen LogP contribution in [0.4, 0.5) is 0 Å². The van der Waals surface area contributed by atoms with E-state index in [0.717, 1.165) is 25.7 Å². The average Bonchev–Trinajstić information content (AvgIpc) is 2.79. The summed E-state index contributed by atoms with van der Waals surface area (Å²) in [5.74, 6) is 1.10. The summed E-state index contributed by atoms with van der Waals surface area (Å²) in [5, 5.41) is 0.179. The fourth-order valence-corrected chi connectivity index (χ4v) is 5.30. The number of carbonyl (C=O) groups excluding carboxylic acids is 1. The van der Waals surface area contributed by atoms with Gasteiger partial charge in [-0.05, 0) is 55.7 Å². The summed E-state index contributed by atoms with van der Waals surface area (Å²) in [6.45, 7) is 11.7. The Balaban J connectivity index is 2.02. The van der Waals surface area contributed by atoms with Crippen molar-refractivity contribution < 1.29 is 18.7 Å². The molecule has 0 aliphatic heterocycles. The van der Waals surface area contributed by atoms with Gasteiger partial charge >= 0.3 is 0 Å². The number of rotatable bonds is 6. The molecule has 4 nitrogen and oxygen atoms in total. The van der Waals surface area contributed by atoms with Crippen LogP contribution in [0.2, 0.25) is 18.1 Å². The molecule has 0 aromatic rings. The van der Waals surface area contributed by atoms with E-state index in [0.29, 0.717) is 18.6 Å². The summed E-state index contributed by atoms with van der Waals surface area (Å²) in [6.07, 6.45) is 5.68. The van der Waals surface area contributed by atoms with Crippen LogP contribution in [0.15, 0.2) is 0 Å². The summed E-state index contributed by atoms with van der Waals surface area (Å²) in [7, 11) is -0.181. The summed E-state index contributed by atoms with van der Waals surface area (Å²) >= 11 is 0. The lowest BCUT2D eigenvalue weighted by Gasteiger charge is -2.39. The van der Waals surface area contributed by atoms with Crippen molar-refractivity contribution in [2.45, 2.75) is 76.8 Å². The quantitative estimate of drug-likeness (QED) is 0.416. The van der Waals surface area contributed by atoms with Gasteiger partial charge in [0.1, 0.15) is 13.1 Å². The van der Waals surface area contributed by atoms with E-state index in [2.05, 4.69) is 33.9 Å². The molecule has 0 saturated heterocycles. The molecule has 2 aliphatic carbocycles. The van der Waals surface area contributed by atoms with E-state index in [1.807, 2.05) is 0 Å². The van der Waals surface area contributed by atoms with Crippen LogP contribution in [0.1, 0.15) is 46.5 Å². The predicted octanol–water partition coefficient (Wildman–Crippen LogP) is 4.00. The Hall–Kier alpha value is -0.233. The van der Waals surface area contributed by atoms with Crippen molar-refractivity contribution in [3.05, 3.63) is 0 Å². The molecule has 0 heterocycles. The van der Waals surface area contributed by atoms with Crippen LogP contribution < -0.4 is 0 Å². The monoisotopic (exact) mass is 342 g/mol. The Labute approximate surface area is 142 Å². The molecule has 134 valence electrons. The molecule has 0 bridgehead atoms. The molecule has 2 fully saturated rings. The van der Waals surface area contributed by atoms with Crippen LogP contribution in [0.25, 0.3) is 0 Å². The van der Waals surface area contributed by atoms with Gasteiger partial charge in [0.15, 0.2) is 8.32 Å². The molecule has 2 aliphatic rings. The summed E-state index contributed by atoms with van der Waals surface area (Å²) in [6, 6.07) is 0. The Bertz CT molecular complexity index is 404. The molecule has 0 aromatic carbocycles. The molecular formula is C18H34O4Si. The average molecular weight is 343 g/mol. The maximum atomic E-state index is 11.7. The van der Waals surface area contributed by atoms with Gasteiger partial charge in [0, 0.05) is 13.0 Å². The smallest absolute Gasteiger partial charge is 0.192 e. The largest absolute Gasteiger partial charge is 0.413 e. The van der Waals surface area contributed by atoms with E-state index in [9.17, 15) is 4.79 Å². The van der Waals surface area contributed by atoms with Crippen LogP contribution in [0.3, 0.4) is 0 Å². The molecule has 0 aromatic heterocycles. The van der Waals surface area contributed by atoms with E-state index in [1.54, 1.807) is 7.11 Å². The number of methoxy groups -OCH3 is 1. The number of carbonyl (C=O) groups is 1. The first-order valence-electron chi connectivity index (χ1n) is 8.93. The zero-order chi connectivity index (χ0) is 17.3. The van der Waals surface area contributed by atoms with Gasteiger partial charge in [0.2, 0.25) is 0 Å². The second kappa shape index (κ2) is 7.34. The second-order valence-corrected chi connectivity index (χ2v) is 13.6. The summed E-state index contributed by atoms with van der Waals surface area (Å²) < 4.78 is 17.4. The number of hydrogen-bond acceptors (Lipinski definition) is 4. The van der Waals surface area contributed by atoms with Crippen molar-refractivity contribution in [1.82, 2.24) is 0 Å². The van der Waals surface area contributed by atoms with Crippen molar-refractivity contribution in [3.8, 4) is 0 Å². The van der Waals surface area contributed by atoms with Crippen molar-refractivity contribution in [3.63, 3.8) is 0 Å². The first-order chi connectivity index (χ1) is 10.7. The zero-order valence-electron chi connectivity index (χ0n) is 15.6. The fourth-order valence-electron chi connectivity index (χ4n) is 3.94. The van der Waals surface area contributed by atoms with Gasteiger partial charge in [-0.1, -0.05) is 20.8 Å².